The van der Waals surface area contributed by atoms with Gasteiger partial charge in [0.1, 0.15) is 18.7 Å². The maximum Gasteiger partial charge on any atom is 0.311 e. The van der Waals surface area contributed by atoms with Gasteiger partial charge in [-0.2, -0.15) is 0 Å². The van der Waals surface area contributed by atoms with Gasteiger partial charge in [0.05, 0.1) is 11.5 Å². The Hall–Kier alpha value is -2.70. The summed E-state index contributed by atoms with van der Waals surface area (Å²) in [6.45, 7) is 2.68. The average molecular weight is 275 g/mol. The van der Waals surface area contributed by atoms with Crippen LogP contribution in [-0.2, 0) is 6.54 Å². The number of hydrogen-bond acceptors (Lipinski definition) is 5. The van der Waals surface area contributed by atoms with Crippen molar-refractivity contribution in [2.75, 3.05) is 6.61 Å². The van der Waals surface area contributed by atoms with Crippen LogP contribution in [0.2, 0.25) is 0 Å². The van der Waals surface area contributed by atoms with Gasteiger partial charge in [-0.3, -0.25) is 14.9 Å². The molecule has 20 heavy (non-hydrogen) atoms. The summed E-state index contributed by atoms with van der Waals surface area (Å²) in [6, 6.07) is 4.12. The largest absolute Gasteiger partial charge is 0.485 e. The first-order valence-corrected chi connectivity index (χ1v) is 5.96. The molecule has 0 fully saturated rings. The zero-order chi connectivity index (χ0) is 14.5. The second-order valence-corrected chi connectivity index (χ2v) is 4.12. The van der Waals surface area contributed by atoms with Gasteiger partial charge >= 0.3 is 5.69 Å². The van der Waals surface area contributed by atoms with E-state index in [2.05, 4.69) is 4.98 Å². The summed E-state index contributed by atoms with van der Waals surface area (Å²) in [5.74, 6) is 0.998. The van der Waals surface area contributed by atoms with Crippen LogP contribution in [-0.4, -0.2) is 27.4 Å². The lowest BCUT2D eigenvalue weighted by Crippen LogP contribution is -2.09. The first-order chi connectivity index (χ1) is 9.61. The molecule has 1 heterocycles. The van der Waals surface area contributed by atoms with Crippen molar-refractivity contribution in [1.82, 2.24) is 9.55 Å². The number of aldehydes is 1. The minimum Gasteiger partial charge on any atom is -0.485 e. The molecule has 104 valence electrons. The zero-order valence-corrected chi connectivity index (χ0v) is 10.9. The monoisotopic (exact) mass is 275 g/mol. The smallest absolute Gasteiger partial charge is 0.311 e. The molecule has 0 saturated heterocycles. The molecule has 0 spiro atoms. The van der Waals surface area contributed by atoms with E-state index in [0.29, 0.717) is 12.8 Å². The Balaban J connectivity index is 2.07. The normalized spacial score (nSPS) is 10.2. The lowest BCUT2D eigenvalue weighted by molar-refractivity contribution is -0.385. The molecule has 0 N–H and O–H groups in total. The fourth-order valence-corrected chi connectivity index (χ4v) is 1.77. The number of imidazole rings is 1. The number of aromatic nitrogens is 2. The summed E-state index contributed by atoms with van der Waals surface area (Å²) in [5.41, 5.74) is 0.0338. The summed E-state index contributed by atoms with van der Waals surface area (Å²) in [4.78, 5) is 25.1. The highest BCUT2D eigenvalue weighted by atomic mass is 16.6. The van der Waals surface area contributed by atoms with Crippen molar-refractivity contribution in [3.8, 4) is 5.75 Å². The van der Waals surface area contributed by atoms with Crippen LogP contribution in [0, 0.1) is 17.0 Å². The number of nitrogens with zero attached hydrogens (tertiary/aromatic N) is 3. The first-order valence-electron chi connectivity index (χ1n) is 5.96. The van der Waals surface area contributed by atoms with Crippen LogP contribution < -0.4 is 4.74 Å². The summed E-state index contributed by atoms with van der Waals surface area (Å²) < 4.78 is 7.30. The Morgan fingerprint density at radius 2 is 2.30 bits per heavy atom. The standard InChI is InChI=1S/C13H13N3O4/c1-10-14-4-5-15(10)6-7-20-13-3-2-11(9-17)8-12(13)16(18)19/h2-5,8-9H,6-7H2,1H3. The molecule has 1 aromatic carbocycles. The number of rotatable bonds is 6. The molecule has 0 saturated carbocycles. The summed E-state index contributed by atoms with van der Waals surface area (Å²) >= 11 is 0. The second-order valence-electron chi connectivity index (χ2n) is 4.12. The lowest BCUT2D eigenvalue weighted by atomic mass is 10.2. The van der Waals surface area contributed by atoms with Crippen LogP contribution in [0.5, 0.6) is 5.75 Å². The van der Waals surface area contributed by atoms with E-state index in [4.69, 9.17) is 4.74 Å². The lowest BCUT2D eigenvalue weighted by Gasteiger charge is -2.08. The van der Waals surface area contributed by atoms with E-state index in [1.807, 2.05) is 17.7 Å². The fraction of sp³-hybridized carbons (Fsp3) is 0.231. The number of nitro groups is 1. The minimum atomic E-state index is -0.565. The quantitative estimate of drug-likeness (QED) is 0.457. The Morgan fingerprint density at radius 3 is 2.90 bits per heavy atom. The Bertz CT molecular complexity index is 636. The van der Waals surface area contributed by atoms with Crippen LogP contribution >= 0.6 is 0 Å². The number of nitro benzene ring substituents is 1. The van der Waals surface area contributed by atoms with Crippen molar-refractivity contribution in [2.45, 2.75) is 13.5 Å². The van der Waals surface area contributed by atoms with Gasteiger partial charge in [-0.15, -0.1) is 0 Å². The number of ether oxygens (including phenoxy) is 1. The van der Waals surface area contributed by atoms with E-state index in [9.17, 15) is 14.9 Å². The molecule has 0 aliphatic heterocycles. The highest BCUT2D eigenvalue weighted by Gasteiger charge is 2.15. The highest BCUT2D eigenvalue weighted by molar-refractivity contribution is 5.77. The second kappa shape index (κ2) is 5.96. The molecule has 0 aliphatic rings. The van der Waals surface area contributed by atoms with Crippen LogP contribution in [0.3, 0.4) is 0 Å². The number of carbonyl (C=O) groups is 1. The maximum absolute atomic E-state index is 10.9. The van der Waals surface area contributed by atoms with Gasteiger partial charge in [-0.25, -0.2) is 4.98 Å². The third-order valence-electron chi connectivity index (χ3n) is 2.83. The molecule has 0 bridgehead atoms. The number of benzene rings is 1. The molecule has 0 atom stereocenters. The number of hydrogen-bond donors (Lipinski definition) is 0. The van der Waals surface area contributed by atoms with E-state index >= 15 is 0 Å². The van der Waals surface area contributed by atoms with Gasteiger partial charge in [0, 0.05) is 24.0 Å². The predicted octanol–water partition coefficient (Wildman–Crippen LogP) is 1.99. The fourth-order valence-electron chi connectivity index (χ4n) is 1.77. The number of aryl methyl sites for hydroxylation is 1. The van der Waals surface area contributed by atoms with Gasteiger partial charge in [-0.1, -0.05) is 0 Å². The third kappa shape index (κ3) is 3.00. The minimum absolute atomic E-state index is 0.151. The Morgan fingerprint density at radius 1 is 1.50 bits per heavy atom. The van der Waals surface area contributed by atoms with E-state index in [0.717, 1.165) is 5.82 Å². The van der Waals surface area contributed by atoms with Crippen LogP contribution in [0.25, 0.3) is 0 Å². The molecule has 7 heteroatoms. The van der Waals surface area contributed by atoms with E-state index in [-0.39, 0.29) is 23.6 Å². The Labute approximate surface area is 115 Å². The van der Waals surface area contributed by atoms with Gasteiger partial charge in [0.15, 0.2) is 5.75 Å². The summed E-state index contributed by atoms with van der Waals surface area (Å²) in [6.07, 6.45) is 4.05. The van der Waals surface area contributed by atoms with Crippen LogP contribution in [0.15, 0.2) is 30.6 Å². The van der Waals surface area contributed by atoms with Crippen molar-refractivity contribution in [1.29, 1.82) is 0 Å². The van der Waals surface area contributed by atoms with Gasteiger partial charge < -0.3 is 9.30 Å². The van der Waals surface area contributed by atoms with Crippen LogP contribution in [0.4, 0.5) is 5.69 Å². The third-order valence-corrected chi connectivity index (χ3v) is 2.83. The average Bonchev–Trinajstić information content (AvgIpc) is 2.84. The molecule has 0 unspecified atom stereocenters. The molecule has 0 radical (unpaired) electrons. The molecule has 2 rings (SSSR count). The van der Waals surface area contributed by atoms with E-state index in [1.165, 1.54) is 18.2 Å². The first kappa shape index (κ1) is 13.7. The van der Waals surface area contributed by atoms with E-state index in [1.54, 1.807) is 6.20 Å². The number of carbonyl (C=O) groups excluding carboxylic acids is 1. The van der Waals surface area contributed by atoms with Crippen molar-refractivity contribution in [3.05, 3.63) is 52.1 Å². The van der Waals surface area contributed by atoms with Crippen molar-refractivity contribution in [2.24, 2.45) is 0 Å². The zero-order valence-electron chi connectivity index (χ0n) is 10.9. The maximum atomic E-state index is 10.9. The Kier molecular flexibility index (Phi) is 4.09. The van der Waals surface area contributed by atoms with Crippen molar-refractivity contribution >= 4 is 12.0 Å². The van der Waals surface area contributed by atoms with Crippen LogP contribution in [0.1, 0.15) is 16.2 Å². The van der Waals surface area contributed by atoms with Crippen molar-refractivity contribution < 1.29 is 14.5 Å². The molecular weight excluding hydrogens is 262 g/mol. The molecule has 2 aromatic rings. The molecule has 1 aromatic heterocycles. The van der Waals surface area contributed by atoms with Gasteiger partial charge in [0.2, 0.25) is 0 Å². The molecule has 7 nitrogen and oxygen atoms in total. The van der Waals surface area contributed by atoms with Gasteiger partial charge in [-0.05, 0) is 19.1 Å². The van der Waals surface area contributed by atoms with Crippen molar-refractivity contribution in [3.63, 3.8) is 0 Å². The topological polar surface area (TPSA) is 87.3 Å². The molecule has 0 aliphatic carbocycles. The van der Waals surface area contributed by atoms with Gasteiger partial charge in [0.25, 0.3) is 0 Å². The molecule has 0 amide bonds. The highest BCUT2D eigenvalue weighted by Crippen LogP contribution is 2.27. The SMILES string of the molecule is Cc1nccn1CCOc1ccc(C=O)cc1[N+](=O)[O-]. The summed E-state index contributed by atoms with van der Waals surface area (Å²) in [7, 11) is 0. The predicted molar refractivity (Wildman–Crippen MR) is 70.9 cm³/mol. The molecular formula is C13H13N3O4. The summed E-state index contributed by atoms with van der Waals surface area (Å²) in [5, 5.41) is 10.9. The van der Waals surface area contributed by atoms with E-state index < -0.39 is 4.92 Å².